The second-order valence-corrected chi connectivity index (χ2v) is 7.55. The monoisotopic (exact) mass is 400 g/mol. The molecule has 5 heteroatoms. The van der Waals surface area contributed by atoms with E-state index in [-0.39, 0.29) is 12.4 Å². The number of hydrogen-bond acceptors (Lipinski definition) is 2. The van der Waals surface area contributed by atoms with Crippen LogP contribution in [0.3, 0.4) is 0 Å². The number of halogens is 2. The van der Waals surface area contributed by atoms with Gasteiger partial charge in [-0.2, -0.15) is 0 Å². The van der Waals surface area contributed by atoms with Crippen molar-refractivity contribution < 1.29 is 4.79 Å². The predicted octanol–water partition coefficient (Wildman–Crippen LogP) is 3.79. The molecule has 3 nitrogen and oxygen atoms in total. The zero-order valence-electron chi connectivity index (χ0n) is 13.5. The Bertz CT molecular complexity index is 496. The molecule has 1 aliphatic carbocycles. The van der Waals surface area contributed by atoms with Gasteiger partial charge in [0.25, 0.3) is 0 Å². The Hall–Kier alpha value is -0.580. The van der Waals surface area contributed by atoms with E-state index in [1.807, 2.05) is 17.0 Å². The van der Waals surface area contributed by atoms with E-state index in [0.717, 1.165) is 42.7 Å². The van der Waals surface area contributed by atoms with Crippen LogP contribution in [-0.4, -0.2) is 36.5 Å². The number of hydrogen-bond donors (Lipinski definition) is 1. The van der Waals surface area contributed by atoms with Crippen molar-refractivity contribution in [2.75, 3.05) is 19.6 Å². The maximum Gasteiger partial charge on any atom is 0.222 e. The number of nitrogens with zero attached hydrogens (tertiary/aromatic N) is 1. The molecule has 1 saturated heterocycles. The van der Waals surface area contributed by atoms with E-state index in [0.29, 0.717) is 18.4 Å². The van der Waals surface area contributed by atoms with Gasteiger partial charge in [-0.05, 0) is 62.3 Å². The summed E-state index contributed by atoms with van der Waals surface area (Å²) in [5, 5.41) is 3.66. The second kappa shape index (κ2) is 9.05. The summed E-state index contributed by atoms with van der Waals surface area (Å²) in [7, 11) is 0. The summed E-state index contributed by atoms with van der Waals surface area (Å²) in [6.45, 7) is 3.02. The molecule has 23 heavy (non-hydrogen) atoms. The molecule has 2 aliphatic rings. The number of carbonyl (C=O) groups is 1. The van der Waals surface area contributed by atoms with E-state index in [4.69, 9.17) is 0 Å². The van der Waals surface area contributed by atoms with Crippen LogP contribution in [0.1, 0.15) is 37.7 Å². The summed E-state index contributed by atoms with van der Waals surface area (Å²) in [4.78, 5) is 14.4. The largest absolute Gasteiger partial charge is 0.343 e. The van der Waals surface area contributed by atoms with E-state index in [9.17, 15) is 4.79 Å². The maximum absolute atomic E-state index is 12.3. The van der Waals surface area contributed by atoms with Crippen molar-refractivity contribution in [3.8, 4) is 0 Å². The van der Waals surface area contributed by atoms with Gasteiger partial charge in [0.15, 0.2) is 0 Å². The molecule has 2 fully saturated rings. The van der Waals surface area contributed by atoms with Crippen LogP contribution in [0.2, 0.25) is 0 Å². The Morgan fingerprint density at radius 2 is 1.78 bits per heavy atom. The van der Waals surface area contributed by atoms with Gasteiger partial charge in [0.1, 0.15) is 0 Å². The number of likely N-dealkylation sites (tertiary alicyclic amines) is 1. The Morgan fingerprint density at radius 3 is 2.39 bits per heavy atom. The lowest BCUT2D eigenvalue weighted by Crippen LogP contribution is -2.45. The number of piperidine rings is 1. The number of carbonyl (C=O) groups excluding carboxylic acids is 1. The van der Waals surface area contributed by atoms with Gasteiger partial charge in [-0.25, -0.2) is 0 Å². The first-order chi connectivity index (χ1) is 10.7. The van der Waals surface area contributed by atoms with Crippen LogP contribution < -0.4 is 5.32 Å². The third-order valence-corrected chi connectivity index (χ3v) is 5.31. The van der Waals surface area contributed by atoms with Crippen molar-refractivity contribution in [3.63, 3.8) is 0 Å². The van der Waals surface area contributed by atoms with Gasteiger partial charge in [-0.3, -0.25) is 4.79 Å². The Balaban J connectivity index is 0.00000192. The molecule has 3 rings (SSSR count). The SMILES string of the molecule is Cl.O=C(CCc1ccc(Br)cc1)N1CCC(NCC2CC2)CC1. The van der Waals surface area contributed by atoms with Gasteiger partial charge in [0, 0.05) is 30.0 Å². The van der Waals surface area contributed by atoms with Gasteiger partial charge in [0.05, 0.1) is 0 Å². The van der Waals surface area contributed by atoms with Gasteiger partial charge in [-0.15, -0.1) is 12.4 Å². The van der Waals surface area contributed by atoms with Gasteiger partial charge < -0.3 is 10.2 Å². The summed E-state index contributed by atoms with van der Waals surface area (Å²) >= 11 is 3.44. The molecule has 0 aromatic heterocycles. The van der Waals surface area contributed by atoms with Crippen molar-refractivity contribution in [1.82, 2.24) is 10.2 Å². The Kier molecular flexibility index (Phi) is 7.38. The highest BCUT2D eigenvalue weighted by atomic mass is 79.9. The van der Waals surface area contributed by atoms with Crippen LogP contribution in [0.4, 0.5) is 0 Å². The lowest BCUT2D eigenvalue weighted by atomic mass is 10.0. The van der Waals surface area contributed by atoms with Crippen molar-refractivity contribution in [1.29, 1.82) is 0 Å². The van der Waals surface area contributed by atoms with Crippen LogP contribution in [0, 0.1) is 5.92 Å². The molecule has 0 radical (unpaired) electrons. The average Bonchev–Trinajstić information content (AvgIpc) is 3.37. The predicted molar refractivity (Wildman–Crippen MR) is 100 cm³/mol. The van der Waals surface area contributed by atoms with E-state index >= 15 is 0 Å². The molecule has 1 aliphatic heterocycles. The topological polar surface area (TPSA) is 32.3 Å². The smallest absolute Gasteiger partial charge is 0.222 e. The number of aryl methyl sites for hydroxylation is 1. The highest BCUT2D eigenvalue weighted by Crippen LogP contribution is 2.28. The summed E-state index contributed by atoms with van der Waals surface area (Å²) < 4.78 is 1.09. The highest BCUT2D eigenvalue weighted by molar-refractivity contribution is 9.10. The van der Waals surface area contributed by atoms with Crippen molar-refractivity contribution in [3.05, 3.63) is 34.3 Å². The fourth-order valence-corrected chi connectivity index (χ4v) is 3.31. The molecule has 1 aromatic carbocycles. The van der Waals surface area contributed by atoms with Crippen LogP contribution in [0.25, 0.3) is 0 Å². The molecule has 1 heterocycles. The first-order valence-corrected chi connectivity index (χ1v) is 9.25. The minimum absolute atomic E-state index is 0. The molecule has 1 N–H and O–H groups in total. The van der Waals surface area contributed by atoms with Gasteiger partial charge >= 0.3 is 0 Å². The summed E-state index contributed by atoms with van der Waals surface area (Å²) in [5.41, 5.74) is 1.23. The lowest BCUT2D eigenvalue weighted by molar-refractivity contribution is -0.132. The molecule has 1 saturated carbocycles. The summed E-state index contributed by atoms with van der Waals surface area (Å²) in [6, 6.07) is 8.88. The molecule has 128 valence electrons. The van der Waals surface area contributed by atoms with E-state index in [1.54, 1.807) is 0 Å². The van der Waals surface area contributed by atoms with Crippen LogP contribution in [0.5, 0.6) is 0 Å². The molecule has 1 aromatic rings. The van der Waals surface area contributed by atoms with Crippen LogP contribution in [0.15, 0.2) is 28.7 Å². The number of rotatable bonds is 6. The van der Waals surface area contributed by atoms with E-state index in [2.05, 4.69) is 33.4 Å². The normalized spacial score (nSPS) is 18.6. The van der Waals surface area contributed by atoms with Crippen molar-refractivity contribution >= 4 is 34.2 Å². The quantitative estimate of drug-likeness (QED) is 0.786. The van der Waals surface area contributed by atoms with E-state index < -0.39 is 0 Å². The maximum atomic E-state index is 12.3. The summed E-state index contributed by atoms with van der Waals surface area (Å²) in [6.07, 6.45) is 6.49. The third kappa shape index (κ3) is 6.09. The van der Waals surface area contributed by atoms with Crippen molar-refractivity contribution in [2.45, 2.75) is 44.6 Å². The molecule has 0 atom stereocenters. The molecular formula is C18H26BrClN2O. The standard InChI is InChI=1S/C18H25BrN2O.ClH/c19-16-6-3-14(4-7-16)5-8-18(22)21-11-9-17(10-12-21)20-13-15-1-2-15;/h3-4,6-7,15,17,20H,1-2,5,8-13H2;1H. The van der Waals surface area contributed by atoms with Gasteiger partial charge in [0.2, 0.25) is 5.91 Å². The van der Waals surface area contributed by atoms with Gasteiger partial charge in [-0.1, -0.05) is 28.1 Å². The summed E-state index contributed by atoms with van der Waals surface area (Å²) in [5.74, 6) is 1.24. The van der Waals surface area contributed by atoms with Crippen molar-refractivity contribution in [2.24, 2.45) is 5.92 Å². The third-order valence-electron chi connectivity index (χ3n) is 4.78. The number of nitrogens with one attached hydrogen (secondary N) is 1. The first-order valence-electron chi connectivity index (χ1n) is 8.46. The fourth-order valence-electron chi connectivity index (χ4n) is 3.05. The molecule has 0 bridgehead atoms. The highest BCUT2D eigenvalue weighted by Gasteiger charge is 2.25. The lowest BCUT2D eigenvalue weighted by Gasteiger charge is -2.32. The second-order valence-electron chi connectivity index (χ2n) is 6.63. The minimum atomic E-state index is 0. The first kappa shape index (κ1) is 18.8. The number of benzene rings is 1. The van der Waals surface area contributed by atoms with Crippen LogP contribution >= 0.6 is 28.3 Å². The zero-order valence-corrected chi connectivity index (χ0v) is 15.9. The average molecular weight is 402 g/mol. The zero-order chi connectivity index (χ0) is 15.4. The Morgan fingerprint density at radius 1 is 1.13 bits per heavy atom. The minimum Gasteiger partial charge on any atom is -0.343 e. The molecular weight excluding hydrogens is 376 g/mol. The Labute approximate surface area is 153 Å². The van der Waals surface area contributed by atoms with Crippen LogP contribution in [-0.2, 0) is 11.2 Å². The molecule has 0 spiro atoms. The van der Waals surface area contributed by atoms with E-state index in [1.165, 1.54) is 24.9 Å². The fraction of sp³-hybridized carbons (Fsp3) is 0.611. The molecule has 0 unspecified atom stereocenters. The molecule has 1 amide bonds. The number of amides is 1.